The third kappa shape index (κ3) is 5.42. The van der Waals surface area contributed by atoms with Crippen molar-refractivity contribution in [2.45, 2.75) is 37.8 Å². The molecular weight excluding hydrogens is 388 g/mol. The first-order chi connectivity index (χ1) is 15.1. The number of hydrogen-bond acceptors (Lipinski definition) is 6. The summed E-state index contributed by atoms with van der Waals surface area (Å²) < 4.78 is 0. The molecule has 1 saturated carbocycles. The summed E-state index contributed by atoms with van der Waals surface area (Å²) in [4.78, 5) is 23.7. The lowest BCUT2D eigenvalue weighted by atomic mass is 9.91. The molecule has 1 aliphatic carbocycles. The van der Waals surface area contributed by atoms with Crippen LogP contribution >= 0.6 is 0 Å². The van der Waals surface area contributed by atoms with Crippen LogP contribution in [-0.2, 0) is 4.79 Å². The smallest absolute Gasteiger partial charge is 0.239 e. The van der Waals surface area contributed by atoms with Crippen molar-refractivity contribution >= 4 is 34.3 Å². The van der Waals surface area contributed by atoms with Crippen molar-refractivity contribution in [1.82, 2.24) is 15.3 Å². The first kappa shape index (κ1) is 20.9. The van der Waals surface area contributed by atoms with E-state index in [0.29, 0.717) is 18.5 Å². The first-order valence-electron chi connectivity index (χ1n) is 10.9. The Hall–Kier alpha value is -3.35. The van der Waals surface area contributed by atoms with Crippen molar-refractivity contribution in [1.29, 1.82) is 0 Å². The average Bonchev–Trinajstić information content (AvgIpc) is 2.79. The summed E-state index contributed by atoms with van der Waals surface area (Å²) in [7, 11) is 4.00. The summed E-state index contributed by atoms with van der Waals surface area (Å²) in [5.41, 5.74) is 1.90. The van der Waals surface area contributed by atoms with Gasteiger partial charge in [0.2, 0.25) is 11.9 Å². The number of carbonyl (C=O) groups is 1. The number of nitrogens with one attached hydrogen (secondary N) is 3. The quantitative estimate of drug-likeness (QED) is 0.543. The molecule has 0 bridgehead atoms. The zero-order valence-electron chi connectivity index (χ0n) is 18.1. The molecule has 0 spiro atoms. The number of para-hydroxylation sites is 2. The molecule has 0 unspecified atom stereocenters. The minimum atomic E-state index is 0.0359. The fraction of sp³-hybridized carbons (Fsp3) is 0.375. The zero-order chi connectivity index (χ0) is 21.6. The molecule has 1 heterocycles. The molecule has 31 heavy (non-hydrogen) atoms. The maximum atomic E-state index is 12.3. The van der Waals surface area contributed by atoms with Crippen molar-refractivity contribution in [2.24, 2.45) is 0 Å². The van der Waals surface area contributed by atoms with Crippen LogP contribution in [0.1, 0.15) is 25.7 Å². The predicted molar refractivity (Wildman–Crippen MR) is 127 cm³/mol. The highest BCUT2D eigenvalue weighted by atomic mass is 16.1. The van der Waals surface area contributed by atoms with Gasteiger partial charge < -0.3 is 20.9 Å². The van der Waals surface area contributed by atoms with Gasteiger partial charge in [-0.1, -0.05) is 30.3 Å². The fourth-order valence-corrected chi connectivity index (χ4v) is 4.05. The Labute approximate surface area is 183 Å². The molecule has 7 nitrogen and oxygen atoms in total. The lowest BCUT2D eigenvalue weighted by Gasteiger charge is -2.30. The van der Waals surface area contributed by atoms with E-state index in [-0.39, 0.29) is 11.9 Å². The molecule has 0 radical (unpaired) electrons. The van der Waals surface area contributed by atoms with Crippen LogP contribution in [0.2, 0.25) is 0 Å². The van der Waals surface area contributed by atoms with Gasteiger partial charge in [-0.3, -0.25) is 4.79 Å². The molecule has 1 aromatic heterocycles. The van der Waals surface area contributed by atoms with Gasteiger partial charge in [-0.05, 0) is 49.9 Å². The van der Waals surface area contributed by atoms with Crippen LogP contribution in [0.4, 0.5) is 17.5 Å². The maximum Gasteiger partial charge on any atom is 0.239 e. The molecule has 0 saturated heterocycles. The summed E-state index contributed by atoms with van der Waals surface area (Å²) >= 11 is 0. The second-order valence-electron chi connectivity index (χ2n) is 8.26. The third-order valence-corrected chi connectivity index (χ3v) is 5.66. The van der Waals surface area contributed by atoms with Gasteiger partial charge in [0.05, 0.1) is 12.1 Å². The number of benzene rings is 2. The number of anilines is 3. The number of rotatable bonds is 7. The largest absolute Gasteiger partial charge is 0.376 e. The van der Waals surface area contributed by atoms with Crippen LogP contribution in [0, 0.1) is 0 Å². The molecule has 1 aliphatic rings. The van der Waals surface area contributed by atoms with Gasteiger partial charge in [0.25, 0.3) is 0 Å². The summed E-state index contributed by atoms with van der Waals surface area (Å²) in [6, 6.07) is 18.4. The lowest BCUT2D eigenvalue weighted by molar-refractivity contribution is -0.120. The van der Waals surface area contributed by atoms with Crippen molar-refractivity contribution in [2.75, 3.05) is 36.2 Å². The van der Waals surface area contributed by atoms with Gasteiger partial charge in [-0.2, -0.15) is 4.98 Å². The highest BCUT2D eigenvalue weighted by Crippen LogP contribution is 2.26. The number of aromatic nitrogens is 2. The Kier molecular flexibility index (Phi) is 6.50. The van der Waals surface area contributed by atoms with Crippen LogP contribution < -0.4 is 20.9 Å². The van der Waals surface area contributed by atoms with Gasteiger partial charge in [0, 0.05) is 37.3 Å². The minimum Gasteiger partial charge on any atom is -0.376 e. The standard InChI is InChI=1S/C24H30N6O/c1-30(2)23-20-10-6-7-11-21(20)28-24(29-23)27-19-14-12-18(13-15-19)26-22(31)16-25-17-8-4-3-5-9-17/h3-11,18-19,25H,12-16H2,1-2H3,(H,26,31)(H,27,28,29)/t18-,19+. The van der Waals surface area contributed by atoms with Gasteiger partial charge in [0.1, 0.15) is 5.82 Å². The predicted octanol–water partition coefficient (Wildman–Crippen LogP) is 3.65. The summed E-state index contributed by atoms with van der Waals surface area (Å²) in [6.45, 7) is 0.292. The molecule has 4 rings (SSSR count). The highest BCUT2D eigenvalue weighted by molar-refractivity contribution is 5.90. The second kappa shape index (κ2) is 9.64. The molecule has 162 valence electrons. The highest BCUT2D eigenvalue weighted by Gasteiger charge is 2.23. The number of fused-ring (bicyclic) bond motifs is 1. The summed E-state index contributed by atoms with van der Waals surface area (Å²) in [5.74, 6) is 1.62. The Morgan fingerprint density at radius 3 is 2.35 bits per heavy atom. The number of amides is 1. The van der Waals surface area contributed by atoms with Crippen molar-refractivity contribution in [3.63, 3.8) is 0 Å². The molecule has 7 heteroatoms. The van der Waals surface area contributed by atoms with E-state index in [1.165, 1.54) is 0 Å². The second-order valence-corrected chi connectivity index (χ2v) is 8.26. The van der Waals surface area contributed by atoms with E-state index in [9.17, 15) is 4.79 Å². The molecule has 1 amide bonds. The Bertz CT molecular complexity index is 1020. The normalized spacial score (nSPS) is 18.4. The zero-order valence-corrected chi connectivity index (χ0v) is 18.1. The first-order valence-corrected chi connectivity index (χ1v) is 10.9. The van der Waals surface area contributed by atoms with Crippen molar-refractivity contribution in [3.05, 3.63) is 54.6 Å². The van der Waals surface area contributed by atoms with E-state index in [2.05, 4.69) is 22.0 Å². The van der Waals surface area contributed by atoms with Crippen molar-refractivity contribution < 1.29 is 4.79 Å². The average molecular weight is 419 g/mol. The molecule has 3 aromatic rings. The lowest BCUT2D eigenvalue weighted by Crippen LogP contribution is -2.42. The number of carbonyl (C=O) groups excluding carboxylic acids is 1. The SMILES string of the molecule is CN(C)c1nc(N[C@H]2CC[C@@H](NC(=O)CNc3ccccc3)CC2)nc2ccccc12. The van der Waals surface area contributed by atoms with E-state index < -0.39 is 0 Å². The Morgan fingerprint density at radius 2 is 1.61 bits per heavy atom. The number of nitrogens with zero attached hydrogens (tertiary/aromatic N) is 3. The Morgan fingerprint density at radius 1 is 0.935 bits per heavy atom. The van der Waals surface area contributed by atoms with E-state index in [1.807, 2.05) is 67.5 Å². The molecule has 0 atom stereocenters. The Balaban J connectivity index is 1.29. The summed E-state index contributed by atoms with van der Waals surface area (Å²) in [6.07, 6.45) is 3.85. The van der Waals surface area contributed by atoms with E-state index in [1.54, 1.807) is 0 Å². The van der Waals surface area contributed by atoms with Crippen molar-refractivity contribution in [3.8, 4) is 0 Å². The molecule has 1 fully saturated rings. The molecule has 0 aliphatic heterocycles. The molecular formula is C24H30N6O. The maximum absolute atomic E-state index is 12.3. The van der Waals surface area contributed by atoms with Crippen LogP contribution in [0.25, 0.3) is 10.9 Å². The van der Waals surface area contributed by atoms with Crippen LogP contribution in [0.5, 0.6) is 0 Å². The summed E-state index contributed by atoms with van der Waals surface area (Å²) in [5, 5.41) is 10.9. The fourth-order valence-electron chi connectivity index (χ4n) is 4.05. The van der Waals surface area contributed by atoms with E-state index in [0.717, 1.165) is 48.1 Å². The van der Waals surface area contributed by atoms with Crippen LogP contribution in [0.3, 0.4) is 0 Å². The monoisotopic (exact) mass is 418 g/mol. The third-order valence-electron chi connectivity index (χ3n) is 5.66. The van der Waals surface area contributed by atoms with Gasteiger partial charge in [-0.15, -0.1) is 0 Å². The van der Waals surface area contributed by atoms with Crippen LogP contribution in [0.15, 0.2) is 54.6 Å². The minimum absolute atomic E-state index is 0.0359. The van der Waals surface area contributed by atoms with Crippen LogP contribution in [-0.4, -0.2) is 48.6 Å². The molecule has 2 aromatic carbocycles. The van der Waals surface area contributed by atoms with E-state index in [4.69, 9.17) is 9.97 Å². The molecule has 3 N–H and O–H groups in total. The van der Waals surface area contributed by atoms with E-state index >= 15 is 0 Å². The van der Waals surface area contributed by atoms with Gasteiger partial charge in [0.15, 0.2) is 0 Å². The topological polar surface area (TPSA) is 82.2 Å². The van der Waals surface area contributed by atoms with Gasteiger partial charge in [-0.25, -0.2) is 4.98 Å². The number of hydrogen-bond donors (Lipinski definition) is 3. The van der Waals surface area contributed by atoms with Gasteiger partial charge >= 0.3 is 0 Å².